The van der Waals surface area contributed by atoms with Crippen LogP contribution in [0, 0.1) is 10.8 Å². The van der Waals surface area contributed by atoms with E-state index in [4.69, 9.17) is 10.8 Å². The number of nitrogens with one attached hydrogen (secondary N) is 2. The molecule has 6 nitrogen and oxygen atoms in total. The molecule has 11 heavy (non-hydrogen) atoms. The molecule has 0 saturated carbocycles. The molecule has 10 N–H and O–H groups in total. The molecule has 75 valence electrons. The molecule has 0 saturated heterocycles. The summed E-state index contributed by atoms with van der Waals surface area (Å²) in [6.07, 6.45) is 0. The summed E-state index contributed by atoms with van der Waals surface area (Å²) in [4.78, 5) is 0. The van der Waals surface area contributed by atoms with Crippen molar-refractivity contribution in [1.29, 1.82) is 10.8 Å². The van der Waals surface area contributed by atoms with E-state index in [9.17, 15) is 0 Å². The molecular formula is C2H10CuN6S2-4. The van der Waals surface area contributed by atoms with Gasteiger partial charge in [-0.1, -0.05) is 0 Å². The zero-order valence-corrected chi connectivity index (χ0v) is 8.00. The molecule has 0 unspecified atom stereocenters. The Labute approximate surface area is 87.3 Å². The summed E-state index contributed by atoms with van der Waals surface area (Å²) in [7, 11) is 0. The molecule has 0 heterocycles. The van der Waals surface area contributed by atoms with Gasteiger partial charge < -0.3 is 24.6 Å². The molecule has 0 aromatic heterocycles. The third-order valence-electron chi connectivity index (χ3n) is 0. The smallest absolute Gasteiger partial charge is 0.0554 e. The molecule has 0 aromatic rings. The average molecular weight is 246 g/mol. The van der Waals surface area contributed by atoms with Gasteiger partial charge in [0, 0.05) is 17.1 Å². The third-order valence-corrected chi connectivity index (χ3v) is 0. The summed E-state index contributed by atoms with van der Waals surface area (Å²) in [6.45, 7) is 0. The van der Waals surface area contributed by atoms with Crippen LogP contribution >= 0.6 is 24.4 Å². The van der Waals surface area contributed by atoms with Crippen molar-refractivity contribution in [2.24, 2.45) is 0 Å². The molecule has 0 rings (SSSR count). The molecule has 0 aromatic carbocycles. The number of isothiocyanates is 2. The third kappa shape index (κ3) is 384000. The fraction of sp³-hybridized carbons (Fsp3) is 0. The van der Waals surface area contributed by atoms with Crippen molar-refractivity contribution in [2.45, 2.75) is 0 Å². The number of hydrogen-bond donors (Lipinski definition) is 2. The minimum absolute atomic E-state index is 0. The van der Waals surface area contributed by atoms with Crippen LogP contribution in [-0.2, 0) is 17.1 Å². The van der Waals surface area contributed by atoms with Crippen molar-refractivity contribution in [3.8, 4) is 0 Å². The number of nitrogens with two attached hydrogens (primary N) is 4. The van der Waals surface area contributed by atoms with E-state index in [1.54, 1.807) is 10.3 Å². The minimum Gasteiger partial charge on any atom is -0.693 e. The van der Waals surface area contributed by atoms with E-state index in [0.717, 1.165) is 0 Å². The number of thiocarbonyl (C=S) groups is 2. The van der Waals surface area contributed by atoms with Gasteiger partial charge >= 0.3 is 0 Å². The Kier molecular flexibility index (Phi) is 1310. The van der Waals surface area contributed by atoms with Gasteiger partial charge in [0.2, 0.25) is 0 Å². The quantitative estimate of drug-likeness (QED) is 0.369. The largest absolute Gasteiger partial charge is 0.693 e. The number of hydrogen-bond acceptors (Lipinski definition) is 4. The van der Waals surface area contributed by atoms with Crippen LogP contribution in [0.5, 0.6) is 0 Å². The normalized spacial score (nSPS) is 1.45. The molecule has 0 bridgehead atoms. The standard InChI is InChI=1S/2CHNS.Cu.4H2N/c2*2-1-3;;;;;/h2*2H;;4*1H2/q;;;4*-1. The summed E-state index contributed by atoms with van der Waals surface area (Å²) in [5.74, 6) is 0. The van der Waals surface area contributed by atoms with Crippen LogP contribution in [0.2, 0.25) is 0 Å². The van der Waals surface area contributed by atoms with Crippen molar-refractivity contribution in [2.75, 3.05) is 0 Å². The van der Waals surface area contributed by atoms with Gasteiger partial charge in [-0.3, -0.25) is 0 Å². The summed E-state index contributed by atoms with van der Waals surface area (Å²) >= 11 is 7.62. The Morgan fingerprint density at radius 2 is 0.727 bits per heavy atom. The Morgan fingerprint density at radius 1 is 0.727 bits per heavy atom. The van der Waals surface area contributed by atoms with Gasteiger partial charge in [0.25, 0.3) is 0 Å². The van der Waals surface area contributed by atoms with Gasteiger partial charge in [0.05, 0.1) is 10.3 Å². The first kappa shape index (κ1) is 69.3. The van der Waals surface area contributed by atoms with Crippen molar-refractivity contribution in [3.63, 3.8) is 0 Å². The topological polar surface area (TPSA) is 182 Å². The summed E-state index contributed by atoms with van der Waals surface area (Å²) in [5, 5.41) is 14.7. The molecule has 0 aliphatic carbocycles. The summed E-state index contributed by atoms with van der Waals surface area (Å²) in [5.41, 5.74) is 0. The summed E-state index contributed by atoms with van der Waals surface area (Å²) in [6, 6.07) is 0. The molecule has 0 aliphatic heterocycles. The van der Waals surface area contributed by atoms with Crippen molar-refractivity contribution < 1.29 is 17.1 Å². The molecular weight excluding hydrogens is 236 g/mol. The van der Waals surface area contributed by atoms with Gasteiger partial charge in [-0.25, -0.2) is 10.8 Å². The second-order valence-corrected chi connectivity index (χ2v) is 0.612. The maximum absolute atomic E-state index is 5.77. The second kappa shape index (κ2) is 208. The zero-order chi connectivity index (χ0) is 5.41. The predicted molar refractivity (Wildman–Crippen MR) is 51.8 cm³/mol. The van der Waals surface area contributed by atoms with Gasteiger partial charge in [-0.15, -0.1) is 0 Å². The van der Waals surface area contributed by atoms with E-state index in [0.29, 0.717) is 0 Å². The molecule has 9 heteroatoms. The minimum atomic E-state index is 0. The molecule has 0 spiro atoms. The molecule has 0 aliphatic rings. The maximum Gasteiger partial charge on any atom is 0.0554 e. The molecule has 0 fully saturated rings. The fourth-order valence-electron chi connectivity index (χ4n) is 0. The summed E-state index contributed by atoms with van der Waals surface area (Å²) < 4.78 is 0. The van der Waals surface area contributed by atoms with E-state index >= 15 is 0 Å². The Balaban J connectivity index is -0.00000000400. The monoisotopic (exact) mass is 245 g/mol. The molecule has 1 radical (unpaired) electrons. The van der Waals surface area contributed by atoms with Gasteiger partial charge in [0.1, 0.15) is 0 Å². The predicted octanol–water partition coefficient (Wildman–Crippen LogP) is 4.20. The second-order valence-electron chi connectivity index (χ2n) is 0.204. The van der Waals surface area contributed by atoms with Crippen LogP contribution in [-0.4, -0.2) is 10.3 Å². The SMILES string of the molecule is N=C=S.N=C=S.[Cu].[NH2-].[NH2-].[NH2-].[NH2-]. The van der Waals surface area contributed by atoms with Crippen LogP contribution in [0.1, 0.15) is 0 Å². The van der Waals surface area contributed by atoms with Crippen LogP contribution in [0.25, 0.3) is 24.6 Å². The fourth-order valence-corrected chi connectivity index (χ4v) is 0. The van der Waals surface area contributed by atoms with Crippen LogP contribution in [0.15, 0.2) is 0 Å². The van der Waals surface area contributed by atoms with E-state index in [-0.39, 0.29) is 41.7 Å². The van der Waals surface area contributed by atoms with Crippen LogP contribution in [0.4, 0.5) is 0 Å². The van der Waals surface area contributed by atoms with Crippen LogP contribution in [0.3, 0.4) is 0 Å². The van der Waals surface area contributed by atoms with Crippen molar-refractivity contribution in [1.82, 2.24) is 0 Å². The first-order valence-electron chi connectivity index (χ1n) is 0.908. The average Bonchev–Trinajstić information content (AvgIpc) is 1.39. The first-order chi connectivity index (χ1) is 2.83. The maximum atomic E-state index is 5.77. The zero-order valence-electron chi connectivity index (χ0n) is 5.43. The van der Waals surface area contributed by atoms with Gasteiger partial charge in [-0.05, 0) is 24.4 Å². The molecule has 0 amide bonds. The molecule has 0 atom stereocenters. The van der Waals surface area contributed by atoms with Crippen molar-refractivity contribution in [3.05, 3.63) is 24.6 Å². The van der Waals surface area contributed by atoms with Crippen molar-refractivity contribution >= 4 is 34.8 Å². The van der Waals surface area contributed by atoms with Gasteiger partial charge in [0.15, 0.2) is 0 Å². The van der Waals surface area contributed by atoms with E-state index in [1.165, 1.54) is 0 Å². The number of rotatable bonds is 0. The Bertz CT molecular complexity index is 72.6. The van der Waals surface area contributed by atoms with E-state index in [1.807, 2.05) is 0 Å². The van der Waals surface area contributed by atoms with Crippen LogP contribution < -0.4 is 0 Å². The Morgan fingerprint density at radius 3 is 0.727 bits per heavy atom. The van der Waals surface area contributed by atoms with E-state index in [2.05, 4.69) is 24.4 Å². The van der Waals surface area contributed by atoms with E-state index < -0.39 is 0 Å². The Hall–Kier alpha value is -0.0405. The first-order valence-corrected chi connectivity index (χ1v) is 1.72. The van der Waals surface area contributed by atoms with Gasteiger partial charge in [-0.2, -0.15) is 0 Å².